The zero-order chi connectivity index (χ0) is 14.4. The van der Waals surface area contributed by atoms with Gasteiger partial charge in [-0.05, 0) is 17.7 Å². The molecule has 2 rings (SSSR count). The van der Waals surface area contributed by atoms with Crippen molar-refractivity contribution in [2.75, 3.05) is 37.7 Å². The average molecular weight is 315 g/mol. The molecule has 1 heterocycles. The smallest absolute Gasteiger partial charge is 0.240 e. The standard InChI is InChI=1S/C13H21N3O2S2/c14-11-12-1-3-13(4-2-12)20(17,18)15-5-6-16-7-9-19-10-8-16/h1-4,15H,5-11,14H2. The SMILES string of the molecule is NCc1ccc(S(=O)(=O)NCCN2CCSCC2)cc1. The molecule has 0 spiro atoms. The summed E-state index contributed by atoms with van der Waals surface area (Å²) in [4.78, 5) is 2.58. The van der Waals surface area contributed by atoms with E-state index in [1.54, 1.807) is 24.3 Å². The van der Waals surface area contributed by atoms with Crippen LogP contribution in [0.3, 0.4) is 0 Å². The number of sulfonamides is 1. The van der Waals surface area contributed by atoms with Crippen molar-refractivity contribution in [1.82, 2.24) is 9.62 Å². The molecule has 1 aliphatic rings. The predicted molar refractivity (Wildman–Crippen MR) is 83.3 cm³/mol. The number of nitrogens with zero attached hydrogens (tertiary/aromatic N) is 1. The van der Waals surface area contributed by atoms with Crippen LogP contribution >= 0.6 is 11.8 Å². The predicted octanol–water partition coefficient (Wildman–Crippen LogP) is 0.472. The van der Waals surface area contributed by atoms with Gasteiger partial charge in [-0.2, -0.15) is 11.8 Å². The van der Waals surface area contributed by atoms with Gasteiger partial charge in [-0.3, -0.25) is 0 Å². The van der Waals surface area contributed by atoms with Gasteiger partial charge in [-0.15, -0.1) is 0 Å². The number of thioether (sulfide) groups is 1. The lowest BCUT2D eigenvalue weighted by Gasteiger charge is -2.25. The normalized spacial score (nSPS) is 17.2. The molecule has 0 aromatic heterocycles. The minimum absolute atomic E-state index is 0.295. The summed E-state index contributed by atoms with van der Waals surface area (Å²) in [6, 6.07) is 6.69. The van der Waals surface area contributed by atoms with Crippen LogP contribution in [0.25, 0.3) is 0 Å². The molecule has 1 aliphatic heterocycles. The number of rotatable bonds is 6. The van der Waals surface area contributed by atoms with Crippen LogP contribution < -0.4 is 10.5 Å². The van der Waals surface area contributed by atoms with Crippen molar-refractivity contribution in [3.63, 3.8) is 0 Å². The molecular weight excluding hydrogens is 294 g/mol. The molecule has 0 aliphatic carbocycles. The van der Waals surface area contributed by atoms with Crippen molar-refractivity contribution in [1.29, 1.82) is 0 Å². The third-order valence-electron chi connectivity index (χ3n) is 3.29. The summed E-state index contributed by atoms with van der Waals surface area (Å²) in [6.07, 6.45) is 0. The molecule has 5 nitrogen and oxygen atoms in total. The summed E-state index contributed by atoms with van der Waals surface area (Å²) in [6.45, 7) is 3.71. The summed E-state index contributed by atoms with van der Waals surface area (Å²) in [7, 11) is -3.41. The van der Waals surface area contributed by atoms with E-state index < -0.39 is 10.0 Å². The van der Waals surface area contributed by atoms with Crippen LogP contribution in [0.1, 0.15) is 5.56 Å². The maximum Gasteiger partial charge on any atom is 0.240 e. The number of hydrogen-bond acceptors (Lipinski definition) is 5. The maximum atomic E-state index is 12.1. The zero-order valence-electron chi connectivity index (χ0n) is 11.4. The molecule has 1 saturated heterocycles. The van der Waals surface area contributed by atoms with Crippen LogP contribution in [-0.2, 0) is 16.6 Å². The molecule has 0 amide bonds. The Kier molecular flexibility index (Phi) is 5.86. The van der Waals surface area contributed by atoms with E-state index in [1.165, 1.54) is 0 Å². The van der Waals surface area contributed by atoms with E-state index in [0.717, 1.165) is 36.7 Å². The molecule has 0 bridgehead atoms. The second-order valence-electron chi connectivity index (χ2n) is 4.70. The third-order valence-corrected chi connectivity index (χ3v) is 5.71. The van der Waals surface area contributed by atoms with E-state index in [1.807, 2.05) is 11.8 Å². The zero-order valence-corrected chi connectivity index (χ0v) is 13.0. The largest absolute Gasteiger partial charge is 0.326 e. The third kappa shape index (κ3) is 4.46. The number of nitrogens with one attached hydrogen (secondary N) is 1. The number of nitrogens with two attached hydrogens (primary N) is 1. The summed E-state index contributed by atoms with van der Waals surface area (Å²) in [5.74, 6) is 2.26. The van der Waals surface area contributed by atoms with Crippen molar-refractivity contribution in [3.05, 3.63) is 29.8 Å². The van der Waals surface area contributed by atoms with Crippen molar-refractivity contribution in [2.24, 2.45) is 5.73 Å². The van der Waals surface area contributed by atoms with Gasteiger partial charge >= 0.3 is 0 Å². The van der Waals surface area contributed by atoms with Crippen LogP contribution in [0.5, 0.6) is 0 Å². The first-order chi connectivity index (χ1) is 9.62. The Balaban J connectivity index is 1.86. The highest BCUT2D eigenvalue weighted by molar-refractivity contribution is 7.99. The second-order valence-corrected chi connectivity index (χ2v) is 7.69. The quantitative estimate of drug-likeness (QED) is 0.798. The Bertz CT molecular complexity index is 511. The van der Waals surface area contributed by atoms with Crippen molar-refractivity contribution in [3.8, 4) is 0 Å². The van der Waals surface area contributed by atoms with Crippen LogP contribution in [-0.4, -0.2) is 51.0 Å². The van der Waals surface area contributed by atoms with Crippen LogP contribution in [0.2, 0.25) is 0 Å². The second kappa shape index (κ2) is 7.42. The molecule has 0 unspecified atom stereocenters. The van der Waals surface area contributed by atoms with Crippen molar-refractivity contribution < 1.29 is 8.42 Å². The molecule has 0 saturated carbocycles. The molecule has 0 radical (unpaired) electrons. The molecule has 1 aromatic carbocycles. The first kappa shape index (κ1) is 15.8. The lowest BCUT2D eigenvalue weighted by Crippen LogP contribution is -2.39. The van der Waals surface area contributed by atoms with Crippen LogP contribution in [0.4, 0.5) is 0 Å². The maximum absolute atomic E-state index is 12.1. The summed E-state index contributed by atoms with van der Waals surface area (Å²) in [5, 5.41) is 0. The van der Waals surface area contributed by atoms with E-state index in [4.69, 9.17) is 5.73 Å². The lowest BCUT2D eigenvalue weighted by atomic mass is 10.2. The molecule has 112 valence electrons. The molecular formula is C13H21N3O2S2. The van der Waals surface area contributed by atoms with Gasteiger partial charge in [-0.25, -0.2) is 13.1 Å². The molecule has 3 N–H and O–H groups in total. The van der Waals surface area contributed by atoms with Gasteiger partial charge in [-0.1, -0.05) is 12.1 Å². The fourth-order valence-electron chi connectivity index (χ4n) is 2.05. The van der Waals surface area contributed by atoms with E-state index in [9.17, 15) is 8.42 Å². The Morgan fingerprint density at radius 2 is 1.85 bits per heavy atom. The molecule has 1 aromatic rings. The minimum Gasteiger partial charge on any atom is -0.326 e. The summed E-state index contributed by atoms with van der Waals surface area (Å²) >= 11 is 1.95. The van der Waals surface area contributed by atoms with E-state index in [2.05, 4.69) is 9.62 Å². The minimum atomic E-state index is -3.41. The topological polar surface area (TPSA) is 75.4 Å². The van der Waals surface area contributed by atoms with Gasteiger partial charge in [0.05, 0.1) is 4.90 Å². The van der Waals surface area contributed by atoms with Gasteiger partial charge in [0.15, 0.2) is 0 Å². The van der Waals surface area contributed by atoms with E-state index >= 15 is 0 Å². The van der Waals surface area contributed by atoms with E-state index in [-0.39, 0.29) is 0 Å². The van der Waals surface area contributed by atoms with E-state index in [0.29, 0.717) is 18.0 Å². The first-order valence-electron chi connectivity index (χ1n) is 6.70. The monoisotopic (exact) mass is 315 g/mol. The van der Waals surface area contributed by atoms with Gasteiger partial charge < -0.3 is 10.6 Å². The highest BCUT2D eigenvalue weighted by Crippen LogP contribution is 2.11. The average Bonchev–Trinajstić information content (AvgIpc) is 2.48. The summed E-state index contributed by atoms with van der Waals surface area (Å²) in [5.41, 5.74) is 6.43. The number of hydrogen-bond donors (Lipinski definition) is 2. The highest BCUT2D eigenvalue weighted by Gasteiger charge is 2.15. The Labute approximate surface area is 125 Å². The Morgan fingerprint density at radius 1 is 1.20 bits per heavy atom. The first-order valence-corrected chi connectivity index (χ1v) is 9.34. The van der Waals surface area contributed by atoms with Crippen LogP contribution in [0, 0.1) is 0 Å². The van der Waals surface area contributed by atoms with Gasteiger partial charge in [0.25, 0.3) is 0 Å². The fraction of sp³-hybridized carbons (Fsp3) is 0.538. The molecule has 7 heteroatoms. The Morgan fingerprint density at radius 3 is 2.45 bits per heavy atom. The molecule has 0 atom stereocenters. The van der Waals surface area contributed by atoms with Gasteiger partial charge in [0, 0.05) is 44.2 Å². The van der Waals surface area contributed by atoms with Crippen molar-refractivity contribution in [2.45, 2.75) is 11.4 Å². The van der Waals surface area contributed by atoms with Gasteiger partial charge in [0.1, 0.15) is 0 Å². The lowest BCUT2D eigenvalue weighted by molar-refractivity contribution is 0.307. The van der Waals surface area contributed by atoms with Crippen molar-refractivity contribution >= 4 is 21.8 Å². The number of benzene rings is 1. The molecule has 20 heavy (non-hydrogen) atoms. The fourth-order valence-corrected chi connectivity index (χ4v) is 4.05. The van der Waals surface area contributed by atoms with Gasteiger partial charge in [0.2, 0.25) is 10.0 Å². The highest BCUT2D eigenvalue weighted by atomic mass is 32.2. The molecule has 1 fully saturated rings. The summed E-state index contributed by atoms with van der Waals surface area (Å²) < 4.78 is 26.9. The Hall–Kier alpha value is -0.600. The van der Waals surface area contributed by atoms with Crippen LogP contribution in [0.15, 0.2) is 29.2 Å².